The minimum absolute atomic E-state index is 0.0889. The van der Waals surface area contributed by atoms with E-state index in [9.17, 15) is 22.4 Å². The number of hydrazine groups is 1. The molecule has 1 atom stereocenters. The Bertz CT molecular complexity index is 821. The number of hydrogen-bond donors (Lipinski definition) is 3. The first-order valence-electron chi connectivity index (χ1n) is 8.06. The number of carbonyl (C=O) groups is 1. The summed E-state index contributed by atoms with van der Waals surface area (Å²) in [7, 11) is 0. The van der Waals surface area contributed by atoms with Crippen LogP contribution in [-0.2, 0) is 0 Å². The smallest absolute Gasteiger partial charge is 0.428 e. The second-order valence-corrected chi connectivity index (χ2v) is 6.09. The van der Waals surface area contributed by atoms with Crippen LogP contribution in [-0.4, -0.2) is 23.6 Å². The van der Waals surface area contributed by atoms with E-state index < -0.39 is 24.2 Å². The molecule has 150 valence electrons. The van der Waals surface area contributed by atoms with Crippen LogP contribution in [0.4, 0.5) is 17.6 Å². The number of benzene rings is 2. The molecule has 0 radical (unpaired) electrons. The average Bonchev–Trinajstić information content (AvgIpc) is 2.66. The maximum absolute atomic E-state index is 13.0. The molecule has 0 bridgehead atoms. The van der Waals surface area contributed by atoms with Crippen LogP contribution in [0.1, 0.15) is 28.9 Å². The Morgan fingerprint density at radius 3 is 2.39 bits per heavy atom. The summed E-state index contributed by atoms with van der Waals surface area (Å²) in [6, 6.07) is 13.8. The van der Waals surface area contributed by atoms with E-state index in [2.05, 4.69) is 20.9 Å². The maximum Gasteiger partial charge on any atom is 0.461 e. The van der Waals surface area contributed by atoms with Crippen LogP contribution in [0, 0.1) is 0 Å². The Kier molecular flexibility index (Phi) is 7.16. The molecule has 0 heterocycles. The summed E-state index contributed by atoms with van der Waals surface area (Å²) >= 11 is 5.08. The Morgan fingerprint density at radius 2 is 1.75 bits per heavy atom. The number of thiocarbonyl (C=S) groups is 1. The number of halogens is 4. The minimum Gasteiger partial charge on any atom is -0.428 e. The van der Waals surface area contributed by atoms with Gasteiger partial charge < -0.3 is 10.1 Å². The highest BCUT2D eigenvalue weighted by molar-refractivity contribution is 7.80. The number of amides is 1. The van der Waals surface area contributed by atoms with Gasteiger partial charge in [0.2, 0.25) is 0 Å². The summed E-state index contributed by atoms with van der Waals surface area (Å²) in [6.07, 6.45) is -8.66. The lowest BCUT2D eigenvalue weighted by molar-refractivity contribution is -0.253. The summed E-state index contributed by atoms with van der Waals surface area (Å²) in [6.45, 7) is 1.87. The van der Waals surface area contributed by atoms with Crippen LogP contribution in [0.15, 0.2) is 54.6 Å². The van der Waals surface area contributed by atoms with E-state index >= 15 is 0 Å². The van der Waals surface area contributed by atoms with Gasteiger partial charge in [0, 0.05) is 5.56 Å². The number of hydrogen-bond acceptors (Lipinski definition) is 3. The van der Waals surface area contributed by atoms with E-state index in [0.717, 1.165) is 17.7 Å². The average molecular weight is 415 g/mol. The lowest BCUT2D eigenvalue weighted by Crippen LogP contribution is -2.47. The summed E-state index contributed by atoms with van der Waals surface area (Å²) in [5.74, 6) is -1.29. The van der Waals surface area contributed by atoms with Crippen LogP contribution < -0.4 is 20.9 Å². The molecule has 2 rings (SSSR count). The zero-order valence-electron chi connectivity index (χ0n) is 14.6. The van der Waals surface area contributed by atoms with Gasteiger partial charge in [0.05, 0.1) is 6.04 Å². The molecule has 0 aromatic heterocycles. The van der Waals surface area contributed by atoms with Crippen LogP contribution in [0.25, 0.3) is 0 Å². The zero-order valence-corrected chi connectivity index (χ0v) is 15.4. The monoisotopic (exact) mass is 415 g/mol. The van der Waals surface area contributed by atoms with Gasteiger partial charge in [0.15, 0.2) is 5.11 Å². The lowest BCUT2D eigenvalue weighted by atomic mass is 10.1. The van der Waals surface area contributed by atoms with Crippen molar-refractivity contribution >= 4 is 23.2 Å². The molecule has 0 saturated heterocycles. The third-order valence-electron chi connectivity index (χ3n) is 3.54. The Balaban J connectivity index is 1.90. The first-order chi connectivity index (χ1) is 13.2. The second-order valence-electron chi connectivity index (χ2n) is 5.68. The van der Waals surface area contributed by atoms with Crippen molar-refractivity contribution in [3.8, 4) is 5.75 Å². The predicted molar refractivity (Wildman–Crippen MR) is 99.2 cm³/mol. The van der Waals surface area contributed by atoms with E-state index in [1.54, 1.807) is 0 Å². The molecule has 28 heavy (non-hydrogen) atoms. The van der Waals surface area contributed by atoms with Crippen molar-refractivity contribution in [1.82, 2.24) is 16.2 Å². The Morgan fingerprint density at radius 1 is 1.07 bits per heavy atom. The molecular formula is C18H17F4N3O2S. The molecule has 2 aromatic carbocycles. The van der Waals surface area contributed by atoms with Crippen LogP contribution in [0.2, 0.25) is 0 Å². The van der Waals surface area contributed by atoms with Crippen molar-refractivity contribution in [2.24, 2.45) is 0 Å². The molecule has 0 saturated carbocycles. The SMILES string of the molecule is C[C@@H](NC(=S)NNC(=O)c1cccc(OC(F)(F)C(F)F)c1)c1ccccc1. The van der Waals surface area contributed by atoms with Gasteiger partial charge in [0.1, 0.15) is 5.75 Å². The molecular weight excluding hydrogens is 398 g/mol. The van der Waals surface area contributed by atoms with Crippen molar-refractivity contribution in [3.05, 3.63) is 65.7 Å². The first-order valence-corrected chi connectivity index (χ1v) is 8.46. The summed E-state index contributed by atoms with van der Waals surface area (Å²) in [5, 5.41) is 3.08. The first kappa shape index (κ1) is 21.4. The fourth-order valence-electron chi connectivity index (χ4n) is 2.15. The summed E-state index contributed by atoms with van der Waals surface area (Å²) in [5.41, 5.74) is 5.65. The topological polar surface area (TPSA) is 62.4 Å². The van der Waals surface area contributed by atoms with Gasteiger partial charge in [-0.2, -0.15) is 17.6 Å². The second kappa shape index (κ2) is 9.36. The van der Waals surface area contributed by atoms with Crippen LogP contribution in [0.3, 0.4) is 0 Å². The Hall–Kier alpha value is -2.88. The molecule has 5 nitrogen and oxygen atoms in total. The van der Waals surface area contributed by atoms with E-state index in [1.807, 2.05) is 37.3 Å². The van der Waals surface area contributed by atoms with Crippen molar-refractivity contribution in [2.45, 2.75) is 25.5 Å². The molecule has 3 N–H and O–H groups in total. The molecule has 10 heteroatoms. The molecule has 2 aromatic rings. The molecule has 0 aliphatic rings. The normalized spacial score (nSPS) is 12.2. The highest BCUT2D eigenvalue weighted by atomic mass is 32.1. The van der Waals surface area contributed by atoms with Gasteiger partial charge in [-0.15, -0.1) is 0 Å². The van der Waals surface area contributed by atoms with Gasteiger partial charge >= 0.3 is 12.5 Å². The van der Waals surface area contributed by atoms with Gasteiger partial charge in [-0.25, -0.2) is 0 Å². The van der Waals surface area contributed by atoms with Crippen LogP contribution >= 0.6 is 12.2 Å². The minimum atomic E-state index is -4.66. The molecule has 0 aliphatic carbocycles. The van der Waals surface area contributed by atoms with Crippen molar-refractivity contribution < 1.29 is 27.1 Å². The van der Waals surface area contributed by atoms with Gasteiger partial charge in [-0.05, 0) is 42.9 Å². The number of alkyl halides is 4. The van der Waals surface area contributed by atoms with Crippen LogP contribution in [0.5, 0.6) is 5.75 Å². The summed E-state index contributed by atoms with van der Waals surface area (Å²) < 4.78 is 54.3. The third kappa shape index (κ3) is 6.08. The quantitative estimate of drug-likeness (QED) is 0.381. The van der Waals surface area contributed by atoms with Gasteiger partial charge in [0.25, 0.3) is 5.91 Å². The number of nitrogens with one attached hydrogen (secondary N) is 3. The van der Waals surface area contributed by atoms with Gasteiger partial charge in [-0.1, -0.05) is 36.4 Å². The lowest BCUT2D eigenvalue weighted by Gasteiger charge is -2.18. The summed E-state index contributed by atoms with van der Waals surface area (Å²) in [4.78, 5) is 12.1. The van der Waals surface area contributed by atoms with E-state index in [-0.39, 0.29) is 16.7 Å². The van der Waals surface area contributed by atoms with E-state index in [4.69, 9.17) is 12.2 Å². The van der Waals surface area contributed by atoms with Crippen molar-refractivity contribution in [1.29, 1.82) is 0 Å². The maximum atomic E-state index is 13.0. The fraction of sp³-hybridized carbons (Fsp3) is 0.222. The van der Waals surface area contributed by atoms with Gasteiger partial charge in [-0.3, -0.25) is 15.6 Å². The third-order valence-corrected chi connectivity index (χ3v) is 3.76. The molecule has 0 unspecified atom stereocenters. The predicted octanol–water partition coefficient (Wildman–Crippen LogP) is 3.79. The molecule has 1 amide bonds. The molecule has 0 aliphatic heterocycles. The fourth-order valence-corrected chi connectivity index (χ4v) is 2.37. The highest BCUT2D eigenvalue weighted by Crippen LogP contribution is 2.27. The zero-order chi connectivity index (χ0) is 20.7. The Labute approximate surface area is 164 Å². The number of rotatable bonds is 6. The van der Waals surface area contributed by atoms with E-state index in [1.165, 1.54) is 12.1 Å². The number of carbonyl (C=O) groups excluding carboxylic acids is 1. The van der Waals surface area contributed by atoms with Crippen molar-refractivity contribution in [2.75, 3.05) is 0 Å². The largest absolute Gasteiger partial charge is 0.461 e. The highest BCUT2D eigenvalue weighted by Gasteiger charge is 2.44. The molecule has 0 fully saturated rings. The van der Waals surface area contributed by atoms with E-state index in [0.29, 0.717) is 0 Å². The molecule has 0 spiro atoms. The van der Waals surface area contributed by atoms with Crippen molar-refractivity contribution in [3.63, 3.8) is 0 Å². The standard InChI is InChI=1S/C18H17F4N3O2S/c1-11(12-6-3-2-4-7-12)23-17(28)25-24-15(26)13-8-5-9-14(10-13)27-18(21,22)16(19)20/h2-11,16H,1H3,(H,24,26)(H2,23,25,28)/t11-/m1/s1. The number of ether oxygens (including phenoxy) is 1.